The van der Waals surface area contributed by atoms with Crippen molar-refractivity contribution >= 4 is 17.9 Å². The largest absolute Gasteiger partial charge is 0.450 e. The van der Waals surface area contributed by atoms with Crippen LogP contribution < -0.4 is 10.6 Å². The van der Waals surface area contributed by atoms with Crippen LogP contribution in [0.3, 0.4) is 0 Å². The number of ether oxygens (including phenoxy) is 1. The molecular formula is C16H27N5O2. The van der Waals surface area contributed by atoms with E-state index >= 15 is 0 Å². The standard InChI is InChI=1S/C16H27N5O2/c1-4-12(3)18-15-17-9-6-14(20-15)19-13-7-10-21(11-8-13)16(22)23-5-2/h6,9,12-13H,4-5,7-8,10-11H2,1-3H3,(H2,17,18,19,20). The third-order valence-electron chi connectivity index (χ3n) is 4.02. The summed E-state index contributed by atoms with van der Waals surface area (Å²) in [7, 11) is 0. The normalized spacial score (nSPS) is 16.7. The fourth-order valence-corrected chi connectivity index (χ4v) is 2.46. The summed E-state index contributed by atoms with van der Waals surface area (Å²) in [5.74, 6) is 1.47. The summed E-state index contributed by atoms with van der Waals surface area (Å²) >= 11 is 0. The molecule has 128 valence electrons. The molecule has 23 heavy (non-hydrogen) atoms. The Bertz CT molecular complexity index is 503. The van der Waals surface area contributed by atoms with Gasteiger partial charge in [-0.1, -0.05) is 6.92 Å². The molecule has 1 atom stereocenters. The quantitative estimate of drug-likeness (QED) is 0.838. The highest BCUT2D eigenvalue weighted by Gasteiger charge is 2.23. The van der Waals surface area contributed by atoms with Crippen molar-refractivity contribution in [1.29, 1.82) is 0 Å². The lowest BCUT2D eigenvalue weighted by molar-refractivity contribution is 0.0983. The zero-order valence-electron chi connectivity index (χ0n) is 14.2. The number of nitrogens with zero attached hydrogens (tertiary/aromatic N) is 3. The lowest BCUT2D eigenvalue weighted by Crippen LogP contribution is -2.42. The zero-order chi connectivity index (χ0) is 16.7. The van der Waals surface area contributed by atoms with E-state index in [2.05, 4.69) is 34.4 Å². The molecule has 0 spiro atoms. The molecule has 2 heterocycles. The summed E-state index contributed by atoms with van der Waals surface area (Å²) in [5, 5.41) is 6.71. The van der Waals surface area contributed by atoms with Gasteiger partial charge in [0.05, 0.1) is 6.61 Å². The molecule has 2 rings (SSSR count). The van der Waals surface area contributed by atoms with Crippen molar-refractivity contribution in [2.75, 3.05) is 30.3 Å². The first kappa shape index (κ1) is 17.3. The maximum absolute atomic E-state index is 11.7. The summed E-state index contributed by atoms with van der Waals surface area (Å²) in [6.45, 7) is 7.89. The smallest absolute Gasteiger partial charge is 0.409 e. The molecule has 0 aromatic carbocycles. The van der Waals surface area contributed by atoms with Gasteiger partial charge in [0.25, 0.3) is 0 Å². The molecule has 0 aliphatic carbocycles. The zero-order valence-corrected chi connectivity index (χ0v) is 14.2. The molecule has 1 saturated heterocycles. The average Bonchev–Trinajstić information content (AvgIpc) is 2.56. The molecular weight excluding hydrogens is 294 g/mol. The molecule has 1 aliphatic heterocycles. The van der Waals surface area contributed by atoms with Crippen LogP contribution in [0.15, 0.2) is 12.3 Å². The Morgan fingerprint density at radius 2 is 2.17 bits per heavy atom. The van der Waals surface area contributed by atoms with Crippen LogP contribution in [0.4, 0.5) is 16.6 Å². The highest BCUT2D eigenvalue weighted by Crippen LogP contribution is 2.16. The molecule has 1 unspecified atom stereocenters. The van der Waals surface area contributed by atoms with E-state index in [1.165, 1.54) is 0 Å². The van der Waals surface area contributed by atoms with Crippen LogP contribution in [0.2, 0.25) is 0 Å². The summed E-state index contributed by atoms with van der Waals surface area (Å²) in [4.78, 5) is 22.2. The molecule has 2 N–H and O–H groups in total. The van der Waals surface area contributed by atoms with Gasteiger partial charge in [-0.15, -0.1) is 0 Å². The molecule has 0 saturated carbocycles. The van der Waals surface area contributed by atoms with E-state index in [1.807, 2.05) is 13.0 Å². The van der Waals surface area contributed by atoms with Crippen molar-refractivity contribution in [2.24, 2.45) is 0 Å². The molecule has 0 radical (unpaired) electrons. The fraction of sp³-hybridized carbons (Fsp3) is 0.688. The number of piperidine rings is 1. The first-order valence-electron chi connectivity index (χ1n) is 8.40. The molecule has 1 fully saturated rings. The first-order valence-corrected chi connectivity index (χ1v) is 8.40. The van der Waals surface area contributed by atoms with E-state index < -0.39 is 0 Å². The monoisotopic (exact) mass is 321 g/mol. The molecule has 1 amide bonds. The van der Waals surface area contributed by atoms with Gasteiger partial charge in [0.1, 0.15) is 5.82 Å². The van der Waals surface area contributed by atoms with Crippen LogP contribution in [-0.2, 0) is 4.74 Å². The Balaban J connectivity index is 1.84. The predicted molar refractivity (Wildman–Crippen MR) is 90.6 cm³/mol. The summed E-state index contributed by atoms with van der Waals surface area (Å²) in [6.07, 6.45) is 4.34. The Morgan fingerprint density at radius 3 is 2.83 bits per heavy atom. The number of carbonyl (C=O) groups excluding carboxylic acids is 1. The van der Waals surface area contributed by atoms with Crippen molar-refractivity contribution in [1.82, 2.24) is 14.9 Å². The number of hydrogen-bond donors (Lipinski definition) is 2. The van der Waals surface area contributed by atoms with Crippen molar-refractivity contribution in [2.45, 2.75) is 52.1 Å². The van der Waals surface area contributed by atoms with Gasteiger partial charge in [-0.25, -0.2) is 9.78 Å². The van der Waals surface area contributed by atoms with Gasteiger partial charge in [-0.05, 0) is 39.2 Å². The lowest BCUT2D eigenvalue weighted by Gasteiger charge is -2.31. The number of carbonyl (C=O) groups is 1. The Kier molecular flexibility index (Phi) is 6.43. The lowest BCUT2D eigenvalue weighted by atomic mass is 10.1. The minimum atomic E-state index is -0.215. The topological polar surface area (TPSA) is 79.4 Å². The van der Waals surface area contributed by atoms with E-state index in [4.69, 9.17) is 4.74 Å². The van der Waals surface area contributed by atoms with E-state index in [0.717, 1.165) is 25.1 Å². The van der Waals surface area contributed by atoms with Gasteiger partial charge < -0.3 is 20.3 Å². The Hall–Kier alpha value is -2.05. The minimum absolute atomic E-state index is 0.215. The van der Waals surface area contributed by atoms with Crippen LogP contribution in [0.25, 0.3) is 0 Å². The minimum Gasteiger partial charge on any atom is -0.450 e. The van der Waals surface area contributed by atoms with Gasteiger partial charge in [0.2, 0.25) is 5.95 Å². The van der Waals surface area contributed by atoms with Gasteiger partial charge in [-0.3, -0.25) is 0 Å². The molecule has 7 heteroatoms. The Labute approximate surface area is 137 Å². The number of likely N-dealkylation sites (tertiary alicyclic amines) is 1. The molecule has 7 nitrogen and oxygen atoms in total. The van der Waals surface area contributed by atoms with Gasteiger partial charge in [-0.2, -0.15) is 4.98 Å². The van der Waals surface area contributed by atoms with E-state index in [0.29, 0.717) is 37.7 Å². The van der Waals surface area contributed by atoms with Crippen LogP contribution in [0, 0.1) is 0 Å². The van der Waals surface area contributed by atoms with Gasteiger partial charge >= 0.3 is 6.09 Å². The van der Waals surface area contributed by atoms with E-state index in [1.54, 1.807) is 11.1 Å². The number of aromatic nitrogens is 2. The highest BCUT2D eigenvalue weighted by atomic mass is 16.6. The number of nitrogens with one attached hydrogen (secondary N) is 2. The first-order chi connectivity index (χ1) is 11.1. The second-order valence-corrected chi connectivity index (χ2v) is 5.82. The number of hydrogen-bond acceptors (Lipinski definition) is 6. The van der Waals surface area contributed by atoms with Crippen molar-refractivity contribution in [3.05, 3.63) is 12.3 Å². The number of amides is 1. The maximum Gasteiger partial charge on any atom is 0.409 e. The number of rotatable bonds is 6. The molecule has 1 aromatic heterocycles. The van der Waals surface area contributed by atoms with Gasteiger partial charge in [0, 0.05) is 31.4 Å². The van der Waals surface area contributed by atoms with Crippen LogP contribution in [0.1, 0.15) is 40.0 Å². The van der Waals surface area contributed by atoms with Crippen molar-refractivity contribution < 1.29 is 9.53 Å². The van der Waals surface area contributed by atoms with E-state index in [-0.39, 0.29) is 6.09 Å². The molecule has 0 bridgehead atoms. The van der Waals surface area contributed by atoms with E-state index in [9.17, 15) is 4.79 Å². The third kappa shape index (κ3) is 5.26. The summed E-state index contributed by atoms with van der Waals surface area (Å²) in [5.41, 5.74) is 0. The van der Waals surface area contributed by atoms with Gasteiger partial charge in [0.15, 0.2) is 0 Å². The van der Waals surface area contributed by atoms with Crippen LogP contribution in [0.5, 0.6) is 0 Å². The summed E-state index contributed by atoms with van der Waals surface area (Å²) in [6, 6.07) is 2.53. The molecule has 1 aliphatic rings. The molecule has 1 aromatic rings. The Morgan fingerprint density at radius 1 is 1.43 bits per heavy atom. The van der Waals surface area contributed by atoms with Crippen molar-refractivity contribution in [3.8, 4) is 0 Å². The predicted octanol–water partition coefficient (Wildman–Crippen LogP) is 2.72. The van der Waals surface area contributed by atoms with Crippen LogP contribution in [-0.4, -0.2) is 52.7 Å². The number of anilines is 2. The highest BCUT2D eigenvalue weighted by molar-refractivity contribution is 5.67. The second kappa shape index (κ2) is 8.55. The second-order valence-electron chi connectivity index (χ2n) is 5.82. The summed E-state index contributed by atoms with van der Waals surface area (Å²) < 4.78 is 5.04. The average molecular weight is 321 g/mol. The van der Waals surface area contributed by atoms with Crippen molar-refractivity contribution in [3.63, 3.8) is 0 Å². The maximum atomic E-state index is 11.7. The fourth-order valence-electron chi connectivity index (χ4n) is 2.46. The third-order valence-corrected chi connectivity index (χ3v) is 4.02. The SMILES string of the molecule is CCOC(=O)N1CCC(Nc2ccnc(NC(C)CC)n2)CC1. The van der Waals surface area contributed by atoms with Crippen LogP contribution >= 0.6 is 0 Å².